The van der Waals surface area contributed by atoms with E-state index in [2.05, 4.69) is 26.2 Å². The third-order valence-corrected chi connectivity index (χ3v) is 5.64. The van der Waals surface area contributed by atoms with Gasteiger partial charge in [0, 0.05) is 16.4 Å². The van der Waals surface area contributed by atoms with Gasteiger partial charge in [-0.15, -0.1) is 0 Å². The van der Waals surface area contributed by atoms with Gasteiger partial charge in [0.05, 0.1) is 10.5 Å². The summed E-state index contributed by atoms with van der Waals surface area (Å²) in [6, 6.07) is 18.0. The highest BCUT2D eigenvalue weighted by Crippen LogP contribution is 2.21. The third-order valence-electron chi connectivity index (χ3n) is 3.43. The lowest BCUT2D eigenvalue weighted by molar-refractivity contribution is 0.102. The number of nitrogens with one attached hydrogen (secondary N) is 1. The topological polar surface area (TPSA) is 76.1 Å². The summed E-state index contributed by atoms with van der Waals surface area (Å²) in [4.78, 5) is 16.3. The Hall–Kier alpha value is -2.51. The molecule has 0 bridgehead atoms. The Balaban J connectivity index is 1.82. The van der Waals surface area contributed by atoms with Crippen LogP contribution in [-0.4, -0.2) is 19.3 Å². The summed E-state index contributed by atoms with van der Waals surface area (Å²) in [5.74, 6) is -0.355. The fourth-order valence-corrected chi connectivity index (χ4v) is 3.57. The van der Waals surface area contributed by atoms with Crippen molar-refractivity contribution < 1.29 is 13.2 Å². The molecule has 0 aliphatic rings. The summed E-state index contributed by atoms with van der Waals surface area (Å²) in [5, 5.41) is 2.62. The van der Waals surface area contributed by atoms with Crippen molar-refractivity contribution in [1.82, 2.24) is 4.98 Å². The van der Waals surface area contributed by atoms with E-state index in [0.717, 1.165) is 4.47 Å². The molecule has 126 valence electrons. The normalized spacial score (nSPS) is 11.1. The molecule has 3 rings (SSSR count). The van der Waals surface area contributed by atoms with Gasteiger partial charge in [0.2, 0.25) is 9.84 Å². The lowest BCUT2D eigenvalue weighted by atomic mass is 10.2. The molecule has 1 heterocycles. The minimum Gasteiger partial charge on any atom is -0.322 e. The van der Waals surface area contributed by atoms with E-state index in [0.29, 0.717) is 5.69 Å². The van der Waals surface area contributed by atoms with Gasteiger partial charge in [-0.05, 0) is 48.5 Å². The fourth-order valence-electron chi connectivity index (χ4n) is 2.13. The molecule has 0 saturated carbocycles. The van der Waals surface area contributed by atoms with Crippen molar-refractivity contribution in [2.75, 3.05) is 5.32 Å². The van der Waals surface area contributed by atoms with Crippen LogP contribution in [0.15, 0.2) is 87.3 Å². The van der Waals surface area contributed by atoms with Crippen LogP contribution in [0.5, 0.6) is 0 Å². The molecule has 1 N–H and O–H groups in total. The summed E-state index contributed by atoms with van der Waals surface area (Å²) in [5.41, 5.74) is 0.928. The zero-order valence-electron chi connectivity index (χ0n) is 12.9. The molecular weight excluding hydrogens is 404 g/mol. The smallest absolute Gasteiger partial charge is 0.257 e. The van der Waals surface area contributed by atoms with Crippen molar-refractivity contribution in [3.8, 4) is 0 Å². The van der Waals surface area contributed by atoms with Crippen LogP contribution in [-0.2, 0) is 9.84 Å². The molecule has 1 aromatic heterocycles. The number of pyridine rings is 1. The standard InChI is InChI=1S/C18H13BrN2O3S/c19-14-7-9-16(10-8-14)25(23,24)17-11-6-13(12-20-17)18(22)21-15-4-2-1-3-5-15/h1-12H,(H,21,22). The Kier molecular flexibility index (Phi) is 4.96. The Labute approximate surface area is 153 Å². The Morgan fingerprint density at radius 2 is 1.60 bits per heavy atom. The summed E-state index contributed by atoms with van der Waals surface area (Å²) in [7, 11) is -3.72. The van der Waals surface area contributed by atoms with Gasteiger partial charge in [-0.25, -0.2) is 13.4 Å². The van der Waals surface area contributed by atoms with Crippen LogP contribution in [0.1, 0.15) is 10.4 Å². The van der Waals surface area contributed by atoms with Gasteiger partial charge in [0.1, 0.15) is 0 Å². The highest BCUT2D eigenvalue weighted by Gasteiger charge is 2.19. The quantitative estimate of drug-likeness (QED) is 0.698. The molecule has 0 aliphatic carbocycles. The average Bonchev–Trinajstić information content (AvgIpc) is 2.63. The molecule has 7 heteroatoms. The van der Waals surface area contributed by atoms with E-state index in [1.165, 1.54) is 30.5 Å². The van der Waals surface area contributed by atoms with E-state index >= 15 is 0 Å². The molecule has 0 aliphatic heterocycles. The number of hydrogen-bond donors (Lipinski definition) is 1. The van der Waals surface area contributed by atoms with Crippen molar-refractivity contribution in [3.05, 3.63) is 83.0 Å². The molecule has 2 aromatic carbocycles. The average molecular weight is 417 g/mol. The number of halogens is 1. The van der Waals surface area contributed by atoms with Gasteiger partial charge < -0.3 is 5.32 Å². The zero-order chi connectivity index (χ0) is 17.9. The maximum Gasteiger partial charge on any atom is 0.257 e. The largest absolute Gasteiger partial charge is 0.322 e. The number of carbonyl (C=O) groups excluding carboxylic acids is 1. The summed E-state index contributed by atoms with van der Waals surface area (Å²) in [6.45, 7) is 0. The first-order valence-electron chi connectivity index (χ1n) is 7.30. The van der Waals surface area contributed by atoms with Gasteiger partial charge in [0.25, 0.3) is 5.91 Å². The fraction of sp³-hybridized carbons (Fsp3) is 0. The second-order valence-corrected chi connectivity index (χ2v) is 7.97. The molecule has 0 atom stereocenters. The van der Waals surface area contributed by atoms with E-state index in [1.807, 2.05) is 18.2 Å². The molecular formula is C18H13BrN2O3S. The predicted molar refractivity (Wildman–Crippen MR) is 98.2 cm³/mol. The Morgan fingerprint density at radius 3 is 2.20 bits per heavy atom. The maximum atomic E-state index is 12.5. The second-order valence-electron chi connectivity index (χ2n) is 5.16. The summed E-state index contributed by atoms with van der Waals surface area (Å²) in [6.07, 6.45) is 1.25. The van der Waals surface area contributed by atoms with Gasteiger partial charge in [-0.1, -0.05) is 34.1 Å². The number of para-hydroxylation sites is 1. The number of anilines is 1. The number of nitrogens with zero attached hydrogens (tertiary/aromatic N) is 1. The summed E-state index contributed by atoms with van der Waals surface area (Å²) < 4.78 is 25.9. The van der Waals surface area contributed by atoms with Crippen LogP contribution < -0.4 is 5.32 Å². The number of amides is 1. The number of benzene rings is 2. The lowest BCUT2D eigenvalue weighted by Gasteiger charge is -2.07. The molecule has 3 aromatic rings. The van der Waals surface area contributed by atoms with Crippen LogP contribution in [0.3, 0.4) is 0 Å². The Morgan fingerprint density at radius 1 is 0.920 bits per heavy atom. The SMILES string of the molecule is O=C(Nc1ccccc1)c1ccc(S(=O)(=O)c2ccc(Br)cc2)nc1. The number of hydrogen-bond acceptors (Lipinski definition) is 4. The Bertz CT molecular complexity index is 987. The first-order chi connectivity index (χ1) is 12.0. The van der Waals surface area contributed by atoms with Gasteiger partial charge in [-0.3, -0.25) is 4.79 Å². The zero-order valence-corrected chi connectivity index (χ0v) is 15.3. The molecule has 0 spiro atoms. The first-order valence-corrected chi connectivity index (χ1v) is 9.57. The molecule has 0 saturated heterocycles. The monoisotopic (exact) mass is 416 g/mol. The van der Waals surface area contributed by atoms with Gasteiger partial charge in [-0.2, -0.15) is 0 Å². The lowest BCUT2D eigenvalue weighted by Crippen LogP contribution is -2.13. The minimum absolute atomic E-state index is 0.105. The molecule has 0 radical (unpaired) electrons. The number of rotatable bonds is 4. The molecule has 0 fully saturated rings. The van der Waals surface area contributed by atoms with Crippen LogP contribution in [0.25, 0.3) is 0 Å². The van der Waals surface area contributed by atoms with E-state index in [4.69, 9.17) is 0 Å². The van der Waals surface area contributed by atoms with E-state index in [9.17, 15) is 13.2 Å². The highest BCUT2D eigenvalue weighted by molar-refractivity contribution is 9.10. The van der Waals surface area contributed by atoms with Gasteiger partial charge >= 0.3 is 0 Å². The number of carbonyl (C=O) groups is 1. The van der Waals surface area contributed by atoms with Crippen LogP contribution in [0.2, 0.25) is 0 Å². The van der Waals surface area contributed by atoms with Crippen LogP contribution >= 0.6 is 15.9 Å². The van der Waals surface area contributed by atoms with Crippen LogP contribution in [0, 0.1) is 0 Å². The number of aromatic nitrogens is 1. The van der Waals surface area contributed by atoms with Gasteiger partial charge in [0.15, 0.2) is 5.03 Å². The van der Waals surface area contributed by atoms with E-state index in [1.54, 1.807) is 24.3 Å². The molecule has 1 amide bonds. The summed E-state index contributed by atoms with van der Waals surface area (Å²) >= 11 is 3.27. The maximum absolute atomic E-state index is 12.5. The van der Waals surface area contributed by atoms with Crippen molar-refractivity contribution in [2.24, 2.45) is 0 Å². The third kappa shape index (κ3) is 3.94. The van der Waals surface area contributed by atoms with Crippen molar-refractivity contribution >= 4 is 37.4 Å². The van der Waals surface area contributed by atoms with E-state index in [-0.39, 0.29) is 21.4 Å². The molecule has 0 unspecified atom stereocenters. The first kappa shape index (κ1) is 17.3. The second kappa shape index (κ2) is 7.16. The number of sulfone groups is 1. The minimum atomic E-state index is -3.72. The van der Waals surface area contributed by atoms with Crippen LogP contribution in [0.4, 0.5) is 5.69 Å². The predicted octanol–water partition coefficient (Wildman–Crippen LogP) is 3.93. The van der Waals surface area contributed by atoms with Crippen molar-refractivity contribution in [3.63, 3.8) is 0 Å². The molecule has 25 heavy (non-hydrogen) atoms. The van der Waals surface area contributed by atoms with Crippen molar-refractivity contribution in [2.45, 2.75) is 9.92 Å². The highest BCUT2D eigenvalue weighted by atomic mass is 79.9. The molecule has 5 nitrogen and oxygen atoms in total. The van der Waals surface area contributed by atoms with Crippen molar-refractivity contribution in [1.29, 1.82) is 0 Å². The van der Waals surface area contributed by atoms with E-state index < -0.39 is 9.84 Å².